The zero-order valence-corrected chi connectivity index (χ0v) is 7.44. The Labute approximate surface area is 81.2 Å². The van der Waals surface area contributed by atoms with Crippen LogP contribution in [0.25, 0.3) is 21.8 Å². The molecule has 0 fully saturated rings. The molecular weight excluding hydrogens is 172 g/mol. The van der Waals surface area contributed by atoms with Gasteiger partial charge in [-0.15, -0.1) is 0 Å². The van der Waals surface area contributed by atoms with Crippen molar-refractivity contribution in [3.8, 4) is 0 Å². The van der Waals surface area contributed by atoms with E-state index in [9.17, 15) is 0 Å². The summed E-state index contributed by atoms with van der Waals surface area (Å²) in [5.41, 5.74) is 1.95. The fraction of sp³-hybridized carbons (Fsp3) is 0. The van der Waals surface area contributed by atoms with Gasteiger partial charge in [0.15, 0.2) is 0 Å². The van der Waals surface area contributed by atoms with Crippen molar-refractivity contribution >= 4 is 21.8 Å². The lowest BCUT2D eigenvalue weighted by Crippen LogP contribution is -1.83. The first kappa shape index (κ1) is 7.44. The van der Waals surface area contributed by atoms with Crippen LogP contribution in [-0.4, -0.2) is 9.97 Å². The van der Waals surface area contributed by atoms with Gasteiger partial charge in [-0.25, -0.2) is 0 Å². The van der Waals surface area contributed by atoms with Crippen LogP contribution in [0, 0.1) is 6.07 Å². The summed E-state index contributed by atoms with van der Waals surface area (Å²) < 4.78 is 0. The number of rotatable bonds is 0. The third-order valence-corrected chi connectivity index (χ3v) is 2.26. The zero-order chi connectivity index (χ0) is 9.38. The van der Waals surface area contributed by atoms with Gasteiger partial charge in [0.2, 0.25) is 0 Å². The normalized spacial score (nSPS) is 10.9. The molecule has 0 spiro atoms. The second kappa shape index (κ2) is 2.77. The van der Waals surface area contributed by atoms with E-state index in [4.69, 9.17) is 0 Å². The molecule has 0 aliphatic heterocycles. The molecular formula is C12H7N2. The number of aromatic nitrogens is 2. The number of hydrogen-bond acceptors (Lipinski definition) is 2. The third kappa shape index (κ3) is 0.973. The molecule has 0 aliphatic rings. The lowest BCUT2D eigenvalue weighted by molar-refractivity contribution is 1.38. The smallest absolute Gasteiger partial charge is 0.0817 e. The Bertz CT molecular complexity index is 547. The molecule has 2 heteroatoms. The molecule has 0 bridgehead atoms. The van der Waals surface area contributed by atoms with Crippen LogP contribution in [0.5, 0.6) is 0 Å². The standard InChI is InChI=1S/C12H7N2/c1-2-6-11-10(5-1)12-9(8-14-11)4-3-7-13-12/h1-3,5-8H. The molecule has 2 heterocycles. The summed E-state index contributed by atoms with van der Waals surface area (Å²) in [6.07, 6.45) is 3.57. The Hall–Kier alpha value is -1.96. The van der Waals surface area contributed by atoms with Crippen LogP contribution in [0.3, 0.4) is 0 Å². The summed E-state index contributed by atoms with van der Waals surface area (Å²) in [6, 6.07) is 12.9. The highest BCUT2D eigenvalue weighted by molar-refractivity contribution is 6.02. The van der Waals surface area contributed by atoms with E-state index >= 15 is 0 Å². The molecule has 65 valence electrons. The molecule has 1 radical (unpaired) electrons. The molecule has 14 heavy (non-hydrogen) atoms. The van der Waals surface area contributed by atoms with Crippen LogP contribution < -0.4 is 0 Å². The molecule has 0 saturated carbocycles. The maximum absolute atomic E-state index is 4.34. The molecule has 0 atom stereocenters. The Kier molecular flexibility index (Phi) is 1.47. The fourth-order valence-electron chi connectivity index (χ4n) is 1.61. The average Bonchev–Trinajstić information content (AvgIpc) is 2.29. The number of hydrogen-bond donors (Lipinski definition) is 0. The van der Waals surface area contributed by atoms with E-state index in [0.717, 1.165) is 21.8 Å². The molecule has 0 N–H and O–H groups in total. The van der Waals surface area contributed by atoms with E-state index in [2.05, 4.69) is 16.0 Å². The number of pyridine rings is 2. The van der Waals surface area contributed by atoms with Crippen LogP contribution in [0.15, 0.2) is 42.7 Å². The van der Waals surface area contributed by atoms with Crippen molar-refractivity contribution in [2.24, 2.45) is 0 Å². The Balaban J connectivity index is 2.61. The second-order valence-electron chi connectivity index (χ2n) is 3.13. The molecule has 0 aliphatic carbocycles. The highest BCUT2D eigenvalue weighted by Gasteiger charge is 2.00. The van der Waals surface area contributed by atoms with Gasteiger partial charge >= 0.3 is 0 Å². The van der Waals surface area contributed by atoms with E-state index in [1.807, 2.05) is 30.5 Å². The summed E-state index contributed by atoms with van der Waals surface area (Å²) in [7, 11) is 0. The Morgan fingerprint density at radius 1 is 1.07 bits per heavy atom. The summed E-state index contributed by atoms with van der Waals surface area (Å²) in [5, 5.41) is 2.05. The summed E-state index contributed by atoms with van der Waals surface area (Å²) in [6.45, 7) is 0. The van der Waals surface area contributed by atoms with Gasteiger partial charge in [0.05, 0.1) is 11.0 Å². The number of fused-ring (bicyclic) bond motifs is 3. The first-order valence-electron chi connectivity index (χ1n) is 4.45. The first-order valence-corrected chi connectivity index (χ1v) is 4.45. The van der Waals surface area contributed by atoms with E-state index in [0.29, 0.717) is 0 Å². The van der Waals surface area contributed by atoms with Crippen molar-refractivity contribution in [1.82, 2.24) is 9.97 Å². The van der Waals surface area contributed by atoms with Crippen LogP contribution >= 0.6 is 0 Å². The Morgan fingerprint density at radius 2 is 2.00 bits per heavy atom. The number of para-hydroxylation sites is 1. The van der Waals surface area contributed by atoms with Crippen molar-refractivity contribution in [1.29, 1.82) is 0 Å². The summed E-state index contributed by atoms with van der Waals surface area (Å²) >= 11 is 0. The third-order valence-electron chi connectivity index (χ3n) is 2.26. The van der Waals surface area contributed by atoms with Crippen molar-refractivity contribution < 1.29 is 0 Å². The summed E-state index contributed by atoms with van der Waals surface area (Å²) in [5.74, 6) is 0. The second-order valence-corrected chi connectivity index (χ2v) is 3.13. The maximum Gasteiger partial charge on any atom is 0.0817 e. The molecule has 0 amide bonds. The predicted molar refractivity (Wildman–Crippen MR) is 55.9 cm³/mol. The average molecular weight is 179 g/mol. The van der Waals surface area contributed by atoms with Gasteiger partial charge in [-0.05, 0) is 18.2 Å². The van der Waals surface area contributed by atoms with Gasteiger partial charge in [0.1, 0.15) is 0 Å². The van der Waals surface area contributed by atoms with E-state index in [1.54, 1.807) is 12.3 Å². The zero-order valence-electron chi connectivity index (χ0n) is 7.44. The van der Waals surface area contributed by atoms with Gasteiger partial charge in [0, 0.05) is 23.2 Å². The number of nitrogens with zero attached hydrogens (tertiary/aromatic N) is 2. The highest BCUT2D eigenvalue weighted by atomic mass is 14.7. The van der Waals surface area contributed by atoms with Gasteiger partial charge in [-0.3, -0.25) is 9.97 Å². The van der Waals surface area contributed by atoms with Crippen LogP contribution in [-0.2, 0) is 0 Å². The van der Waals surface area contributed by atoms with E-state index in [-0.39, 0.29) is 0 Å². The van der Waals surface area contributed by atoms with Crippen molar-refractivity contribution in [2.45, 2.75) is 0 Å². The quantitative estimate of drug-likeness (QED) is 0.496. The fourth-order valence-corrected chi connectivity index (χ4v) is 1.61. The van der Waals surface area contributed by atoms with Crippen molar-refractivity contribution in [3.05, 3.63) is 48.8 Å². The molecule has 2 aromatic heterocycles. The van der Waals surface area contributed by atoms with E-state index in [1.165, 1.54) is 0 Å². The monoisotopic (exact) mass is 179 g/mol. The topological polar surface area (TPSA) is 25.8 Å². The van der Waals surface area contributed by atoms with Gasteiger partial charge < -0.3 is 0 Å². The molecule has 0 saturated heterocycles. The maximum atomic E-state index is 4.34. The van der Waals surface area contributed by atoms with Crippen molar-refractivity contribution in [2.75, 3.05) is 0 Å². The Morgan fingerprint density at radius 3 is 3.00 bits per heavy atom. The minimum absolute atomic E-state index is 0.964. The predicted octanol–water partition coefficient (Wildman–Crippen LogP) is 2.58. The number of benzene rings is 1. The molecule has 3 rings (SSSR count). The lowest BCUT2D eigenvalue weighted by atomic mass is 10.1. The van der Waals surface area contributed by atoms with E-state index < -0.39 is 0 Å². The summed E-state index contributed by atoms with van der Waals surface area (Å²) in [4.78, 5) is 8.68. The highest BCUT2D eigenvalue weighted by Crippen LogP contribution is 2.19. The molecule has 1 aromatic carbocycles. The van der Waals surface area contributed by atoms with Crippen LogP contribution in [0.2, 0.25) is 0 Å². The minimum atomic E-state index is 0.964. The molecule has 3 aromatic rings. The van der Waals surface area contributed by atoms with Gasteiger partial charge in [-0.1, -0.05) is 18.2 Å². The van der Waals surface area contributed by atoms with Crippen LogP contribution in [0.1, 0.15) is 0 Å². The largest absolute Gasteiger partial charge is 0.255 e. The van der Waals surface area contributed by atoms with Crippen LogP contribution in [0.4, 0.5) is 0 Å². The van der Waals surface area contributed by atoms with Crippen molar-refractivity contribution in [3.63, 3.8) is 0 Å². The van der Waals surface area contributed by atoms with Gasteiger partial charge in [0.25, 0.3) is 0 Å². The first-order chi connectivity index (χ1) is 6.95. The molecule has 2 nitrogen and oxygen atoms in total. The van der Waals surface area contributed by atoms with Gasteiger partial charge in [-0.2, -0.15) is 0 Å². The minimum Gasteiger partial charge on any atom is -0.255 e. The molecule has 0 unspecified atom stereocenters. The SMILES string of the molecule is [c]1ccnc2c1cnc1ccccc12. The lowest BCUT2D eigenvalue weighted by Gasteiger charge is -2.00.